The number of benzene rings is 1. The molecule has 0 bridgehead atoms. The maximum atomic E-state index is 13.4. The number of rotatable bonds is 5. The Morgan fingerprint density at radius 1 is 1.37 bits per heavy atom. The molecule has 5 heteroatoms. The van der Waals surface area contributed by atoms with Crippen molar-refractivity contribution < 1.29 is 9.13 Å². The van der Waals surface area contributed by atoms with Crippen LogP contribution >= 0.6 is 0 Å². The highest BCUT2D eigenvalue weighted by Gasteiger charge is 2.05. The van der Waals surface area contributed by atoms with E-state index in [0.717, 1.165) is 18.5 Å². The van der Waals surface area contributed by atoms with Crippen LogP contribution in [0.5, 0.6) is 0 Å². The minimum Gasteiger partial charge on any atom is -0.385 e. The molecule has 0 fully saturated rings. The first-order chi connectivity index (χ1) is 9.22. The molecule has 0 unspecified atom stereocenters. The van der Waals surface area contributed by atoms with Gasteiger partial charge in [-0.2, -0.15) is 10.4 Å². The van der Waals surface area contributed by atoms with E-state index >= 15 is 0 Å². The number of methoxy groups -OCH3 is 1. The molecule has 0 aliphatic heterocycles. The van der Waals surface area contributed by atoms with Gasteiger partial charge in [-0.25, -0.2) is 4.39 Å². The molecule has 0 atom stereocenters. The summed E-state index contributed by atoms with van der Waals surface area (Å²) in [5.41, 5.74) is 1.77. The van der Waals surface area contributed by atoms with Crippen molar-refractivity contribution in [1.29, 1.82) is 5.26 Å². The van der Waals surface area contributed by atoms with E-state index in [9.17, 15) is 4.39 Å². The molecule has 0 radical (unpaired) electrons. The lowest BCUT2D eigenvalue weighted by atomic mass is 10.1. The monoisotopic (exact) mass is 259 g/mol. The van der Waals surface area contributed by atoms with Gasteiger partial charge >= 0.3 is 0 Å². The number of halogens is 1. The van der Waals surface area contributed by atoms with Crippen molar-refractivity contribution in [2.45, 2.75) is 13.0 Å². The Morgan fingerprint density at radius 2 is 2.21 bits per heavy atom. The summed E-state index contributed by atoms with van der Waals surface area (Å²) in [5.74, 6) is -0.416. The fourth-order valence-corrected chi connectivity index (χ4v) is 1.83. The number of ether oxygens (including phenoxy) is 1. The summed E-state index contributed by atoms with van der Waals surface area (Å²) < 4.78 is 20.1. The Kier molecular flexibility index (Phi) is 4.26. The van der Waals surface area contributed by atoms with E-state index in [-0.39, 0.29) is 0 Å². The number of nitrogens with zero attached hydrogens (tertiary/aromatic N) is 3. The summed E-state index contributed by atoms with van der Waals surface area (Å²) in [4.78, 5) is 0. The van der Waals surface area contributed by atoms with Gasteiger partial charge in [-0.3, -0.25) is 4.68 Å². The molecule has 1 aromatic heterocycles. The van der Waals surface area contributed by atoms with Crippen molar-refractivity contribution in [1.82, 2.24) is 9.78 Å². The molecule has 0 amide bonds. The Morgan fingerprint density at radius 3 is 2.95 bits per heavy atom. The second kappa shape index (κ2) is 6.12. The zero-order valence-electron chi connectivity index (χ0n) is 10.6. The summed E-state index contributed by atoms with van der Waals surface area (Å²) in [6.45, 7) is 1.42. The summed E-state index contributed by atoms with van der Waals surface area (Å²) in [6.07, 6.45) is 4.37. The van der Waals surface area contributed by atoms with Crippen LogP contribution in [0.1, 0.15) is 12.0 Å². The van der Waals surface area contributed by atoms with Gasteiger partial charge in [0.1, 0.15) is 5.82 Å². The van der Waals surface area contributed by atoms with Crippen LogP contribution in [0.2, 0.25) is 0 Å². The molecule has 0 spiro atoms. The zero-order chi connectivity index (χ0) is 13.7. The first-order valence-corrected chi connectivity index (χ1v) is 5.95. The third-order valence-corrected chi connectivity index (χ3v) is 2.73. The van der Waals surface area contributed by atoms with Crippen molar-refractivity contribution in [2.24, 2.45) is 0 Å². The summed E-state index contributed by atoms with van der Waals surface area (Å²) in [6, 6.07) is 6.21. The van der Waals surface area contributed by atoms with Gasteiger partial charge in [-0.1, -0.05) is 0 Å². The Hall–Kier alpha value is -2.19. The molecule has 4 nitrogen and oxygen atoms in total. The fourth-order valence-electron chi connectivity index (χ4n) is 1.83. The van der Waals surface area contributed by atoms with Crippen molar-refractivity contribution in [3.05, 3.63) is 42.0 Å². The predicted molar refractivity (Wildman–Crippen MR) is 68.8 cm³/mol. The number of hydrogen-bond acceptors (Lipinski definition) is 3. The number of aryl methyl sites for hydroxylation is 1. The highest BCUT2D eigenvalue weighted by Crippen LogP contribution is 2.21. The van der Waals surface area contributed by atoms with E-state index in [1.807, 2.05) is 12.3 Å². The van der Waals surface area contributed by atoms with Crippen LogP contribution < -0.4 is 0 Å². The van der Waals surface area contributed by atoms with Crippen LogP contribution in [0.3, 0.4) is 0 Å². The van der Waals surface area contributed by atoms with Gasteiger partial charge in [0.2, 0.25) is 0 Å². The van der Waals surface area contributed by atoms with E-state index in [0.29, 0.717) is 17.7 Å². The van der Waals surface area contributed by atoms with E-state index in [2.05, 4.69) is 5.10 Å². The van der Waals surface area contributed by atoms with Gasteiger partial charge in [0.05, 0.1) is 17.8 Å². The molecule has 0 saturated heterocycles. The standard InChI is InChI=1S/C14H14FN3O/c1-19-4-2-3-18-10-13(9-17-18)12-5-11(8-16)6-14(15)7-12/h5-7,9-10H,2-4H2,1H3. The van der Waals surface area contributed by atoms with E-state index in [4.69, 9.17) is 10.00 Å². The molecule has 0 aliphatic carbocycles. The average molecular weight is 259 g/mol. The molecule has 0 saturated carbocycles. The molecule has 2 rings (SSSR count). The van der Waals surface area contributed by atoms with Crippen molar-refractivity contribution in [2.75, 3.05) is 13.7 Å². The third-order valence-electron chi connectivity index (χ3n) is 2.73. The molecule has 1 heterocycles. The minimum atomic E-state index is -0.416. The molecule has 0 N–H and O–H groups in total. The number of hydrogen-bond donors (Lipinski definition) is 0. The highest BCUT2D eigenvalue weighted by atomic mass is 19.1. The Bertz CT molecular complexity index is 601. The SMILES string of the molecule is COCCCn1cc(-c2cc(F)cc(C#N)c2)cn1. The predicted octanol–water partition coefficient (Wildman–Crippen LogP) is 2.60. The first kappa shape index (κ1) is 13.2. The summed E-state index contributed by atoms with van der Waals surface area (Å²) >= 11 is 0. The topological polar surface area (TPSA) is 50.8 Å². The molecular formula is C14H14FN3O. The Labute approximate surface area is 111 Å². The van der Waals surface area contributed by atoms with Crippen LogP contribution in [0.25, 0.3) is 11.1 Å². The van der Waals surface area contributed by atoms with Gasteiger partial charge in [0.15, 0.2) is 0 Å². The van der Waals surface area contributed by atoms with Crippen LogP contribution in [0.15, 0.2) is 30.6 Å². The van der Waals surface area contributed by atoms with Crippen LogP contribution in [0, 0.1) is 17.1 Å². The van der Waals surface area contributed by atoms with Gasteiger partial charge in [0.25, 0.3) is 0 Å². The third kappa shape index (κ3) is 3.39. The lowest BCUT2D eigenvalue weighted by molar-refractivity contribution is 0.189. The molecule has 2 aromatic rings. The van der Waals surface area contributed by atoms with E-state index in [1.54, 1.807) is 24.1 Å². The summed E-state index contributed by atoms with van der Waals surface area (Å²) in [5, 5.41) is 13.0. The molecule has 1 aromatic carbocycles. The number of aromatic nitrogens is 2. The van der Waals surface area contributed by atoms with Gasteiger partial charge in [-0.15, -0.1) is 0 Å². The molecular weight excluding hydrogens is 245 g/mol. The van der Waals surface area contributed by atoms with E-state index < -0.39 is 5.82 Å². The lowest BCUT2D eigenvalue weighted by Crippen LogP contribution is -2.01. The fraction of sp³-hybridized carbons (Fsp3) is 0.286. The normalized spacial score (nSPS) is 10.4. The smallest absolute Gasteiger partial charge is 0.125 e. The lowest BCUT2D eigenvalue weighted by Gasteiger charge is -2.00. The van der Waals surface area contributed by atoms with Gasteiger partial charge < -0.3 is 4.74 Å². The largest absolute Gasteiger partial charge is 0.385 e. The highest BCUT2D eigenvalue weighted by molar-refractivity contribution is 5.63. The average Bonchev–Trinajstić information content (AvgIpc) is 2.87. The van der Waals surface area contributed by atoms with E-state index in [1.165, 1.54) is 12.1 Å². The first-order valence-electron chi connectivity index (χ1n) is 5.95. The van der Waals surface area contributed by atoms with Crippen LogP contribution in [0.4, 0.5) is 4.39 Å². The number of nitriles is 1. The second-order valence-corrected chi connectivity index (χ2v) is 4.18. The van der Waals surface area contributed by atoms with Crippen molar-refractivity contribution in [3.8, 4) is 17.2 Å². The van der Waals surface area contributed by atoms with Gasteiger partial charge in [-0.05, 0) is 30.2 Å². The van der Waals surface area contributed by atoms with Crippen molar-refractivity contribution in [3.63, 3.8) is 0 Å². The summed E-state index contributed by atoms with van der Waals surface area (Å²) in [7, 11) is 1.66. The Balaban J connectivity index is 2.18. The quantitative estimate of drug-likeness (QED) is 0.775. The maximum Gasteiger partial charge on any atom is 0.125 e. The van der Waals surface area contributed by atoms with Crippen molar-refractivity contribution >= 4 is 0 Å². The molecule has 19 heavy (non-hydrogen) atoms. The maximum absolute atomic E-state index is 13.4. The molecule has 98 valence electrons. The minimum absolute atomic E-state index is 0.308. The molecule has 0 aliphatic rings. The van der Waals surface area contributed by atoms with Gasteiger partial charge in [0, 0.05) is 32.0 Å². The second-order valence-electron chi connectivity index (χ2n) is 4.18. The van der Waals surface area contributed by atoms with Crippen LogP contribution in [-0.4, -0.2) is 23.5 Å². The van der Waals surface area contributed by atoms with Crippen LogP contribution in [-0.2, 0) is 11.3 Å². The zero-order valence-corrected chi connectivity index (χ0v) is 10.6.